The highest BCUT2D eigenvalue weighted by atomic mass is 16.5. The third kappa shape index (κ3) is 3.00. The Morgan fingerprint density at radius 2 is 1.86 bits per heavy atom. The molecular formula is C19H23NO2. The highest BCUT2D eigenvalue weighted by molar-refractivity contribution is 5.83. The molecular weight excluding hydrogens is 274 g/mol. The first kappa shape index (κ1) is 15.0. The van der Waals surface area contributed by atoms with Gasteiger partial charge in [-0.05, 0) is 54.1 Å². The summed E-state index contributed by atoms with van der Waals surface area (Å²) >= 11 is 0. The fourth-order valence-electron chi connectivity index (χ4n) is 3.55. The van der Waals surface area contributed by atoms with E-state index in [0.29, 0.717) is 6.42 Å². The van der Waals surface area contributed by atoms with E-state index in [1.165, 1.54) is 23.4 Å². The van der Waals surface area contributed by atoms with Crippen LogP contribution in [-0.2, 0) is 14.9 Å². The van der Waals surface area contributed by atoms with Gasteiger partial charge in [0, 0.05) is 6.42 Å². The lowest BCUT2D eigenvalue weighted by Gasteiger charge is -2.38. The molecule has 22 heavy (non-hydrogen) atoms. The van der Waals surface area contributed by atoms with Crippen LogP contribution < -0.4 is 5.32 Å². The van der Waals surface area contributed by atoms with Gasteiger partial charge < -0.3 is 10.1 Å². The van der Waals surface area contributed by atoms with E-state index in [1.54, 1.807) is 0 Å². The summed E-state index contributed by atoms with van der Waals surface area (Å²) in [5, 5.41) is 5.97. The topological polar surface area (TPSA) is 38.3 Å². The second-order valence-electron chi connectivity index (χ2n) is 6.17. The van der Waals surface area contributed by atoms with Crippen molar-refractivity contribution >= 4 is 16.7 Å². The number of rotatable bonds is 4. The highest BCUT2D eigenvalue weighted by Gasteiger charge is 2.34. The largest absolute Gasteiger partial charge is 0.469 e. The fraction of sp³-hybridized carbons (Fsp3) is 0.421. The molecule has 0 bridgehead atoms. The minimum Gasteiger partial charge on any atom is -0.469 e. The summed E-state index contributed by atoms with van der Waals surface area (Å²) in [5.41, 5.74) is 1.44. The maximum Gasteiger partial charge on any atom is 0.305 e. The molecule has 2 aromatic carbocycles. The van der Waals surface area contributed by atoms with Crippen molar-refractivity contribution in [1.82, 2.24) is 5.32 Å². The van der Waals surface area contributed by atoms with Crippen molar-refractivity contribution in [1.29, 1.82) is 0 Å². The van der Waals surface area contributed by atoms with E-state index in [-0.39, 0.29) is 11.4 Å². The summed E-state index contributed by atoms with van der Waals surface area (Å²) in [4.78, 5) is 11.6. The summed E-state index contributed by atoms with van der Waals surface area (Å²) in [6.45, 7) is 2.02. The maximum atomic E-state index is 11.6. The van der Waals surface area contributed by atoms with Crippen LogP contribution >= 0.6 is 0 Å². The van der Waals surface area contributed by atoms with Gasteiger partial charge in [0.1, 0.15) is 0 Å². The quantitative estimate of drug-likeness (QED) is 0.879. The SMILES string of the molecule is COC(=O)CCC1(c2ccc3ccccc3c2)CCNCC1. The number of fused-ring (bicyclic) bond motifs is 1. The maximum absolute atomic E-state index is 11.6. The third-order valence-corrected chi connectivity index (χ3v) is 4.96. The molecule has 1 N–H and O–H groups in total. The molecule has 0 atom stereocenters. The van der Waals surface area contributed by atoms with Gasteiger partial charge >= 0.3 is 5.97 Å². The molecule has 0 amide bonds. The molecule has 0 spiro atoms. The van der Waals surface area contributed by atoms with Crippen molar-refractivity contribution in [3.63, 3.8) is 0 Å². The van der Waals surface area contributed by atoms with E-state index in [0.717, 1.165) is 32.4 Å². The van der Waals surface area contributed by atoms with E-state index in [9.17, 15) is 4.79 Å². The minimum atomic E-state index is -0.112. The van der Waals surface area contributed by atoms with E-state index >= 15 is 0 Å². The first-order valence-corrected chi connectivity index (χ1v) is 8.00. The molecule has 0 aromatic heterocycles. The average molecular weight is 297 g/mol. The van der Waals surface area contributed by atoms with Gasteiger partial charge in [-0.1, -0.05) is 42.5 Å². The third-order valence-electron chi connectivity index (χ3n) is 4.96. The van der Waals surface area contributed by atoms with Crippen molar-refractivity contribution in [3.8, 4) is 0 Å². The van der Waals surface area contributed by atoms with Gasteiger partial charge in [0.25, 0.3) is 0 Å². The van der Waals surface area contributed by atoms with Crippen LogP contribution in [0.2, 0.25) is 0 Å². The zero-order chi connectivity index (χ0) is 15.4. The van der Waals surface area contributed by atoms with Crippen LogP contribution in [0.1, 0.15) is 31.2 Å². The Bertz CT molecular complexity index is 659. The van der Waals surface area contributed by atoms with Crippen molar-refractivity contribution in [3.05, 3.63) is 48.0 Å². The van der Waals surface area contributed by atoms with Crippen LogP contribution in [0.4, 0.5) is 0 Å². The van der Waals surface area contributed by atoms with E-state index in [1.807, 2.05) is 0 Å². The van der Waals surface area contributed by atoms with Crippen LogP contribution in [0.25, 0.3) is 10.8 Å². The molecule has 3 rings (SSSR count). The first-order chi connectivity index (χ1) is 10.7. The van der Waals surface area contributed by atoms with Crippen molar-refractivity contribution in [2.75, 3.05) is 20.2 Å². The lowest BCUT2D eigenvalue weighted by atomic mass is 9.70. The highest BCUT2D eigenvalue weighted by Crippen LogP contribution is 2.39. The number of methoxy groups -OCH3 is 1. The van der Waals surface area contributed by atoms with Crippen molar-refractivity contribution < 1.29 is 9.53 Å². The van der Waals surface area contributed by atoms with Gasteiger partial charge in [0.15, 0.2) is 0 Å². The van der Waals surface area contributed by atoms with Gasteiger partial charge in [0.2, 0.25) is 0 Å². The van der Waals surface area contributed by atoms with Gasteiger partial charge in [0.05, 0.1) is 7.11 Å². The Labute approximate surface area is 131 Å². The number of nitrogens with one attached hydrogen (secondary N) is 1. The Morgan fingerprint density at radius 3 is 2.59 bits per heavy atom. The van der Waals surface area contributed by atoms with Gasteiger partial charge in [-0.15, -0.1) is 0 Å². The number of esters is 1. The summed E-state index contributed by atoms with van der Waals surface area (Å²) in [6, 6.07) is 15.2. The number of piperidine rings is 1. The molecule has 1 heterocycles. The van der Waals surface area contributed by atoms with Gasteiger partial charge in [-0.3, -0.25) is 4.79 Å². The number of hydrogen-bond donors (Lipinski definition) is 1. The predicted molar refractivity (Wildman–Crippen MR) is 89.0 cm³/mol. The van der Waals surface area contributed by atoms with E-state index < -0.39 is 0 Å². The molecule has 1 fully saturated rings. The second-order valence-corrected chi connectivity index (χ2v) is 6.17. The number of ether oxygens (including phenoxy) is 1. The van der Waals surface area contributed by atoms with Crippen LogP contribution in [0.3, 0.4) is 0 Å². The standard InChI is InChI=1S/C19H23NO2/c1-22-18(21)8-9-19(10-12-20-13-11-19)17-7-6-15-4-2-3-5-16(15)14-17/h2-7,14,20H,8-13H2,1H3. The molecule has 0 aliphatic carbocycles. The van der Waals surface area contributed by atoms with Crippen LogP contribution in [-0.4, -0.2) is 26.2 Å². The number of carbonyl (C=O) groups is 1. The Morgan fingerprint density at radius 1 is 1.14 bits per heavy atom. The molecule has 1 saturated heterocycles. The lowest BCUT2D eigenvalue weighted by molar-refractivity contribution is -0.141. The second kappa shape index (κ2) is 6.49. The molecule has 0 unspecified atom stereocenters. The Hall–Kier alpha value is -1.87. The van der Waals surface area contributed by atoms with Gasteiger partial charge in [-0.25, -0.2) is 0 Å². The monoisotopic (exact) mass is 297 g/mol. The van der Waals surface area contributed by atoms with Crippen LogP contribution in [0, 0.1) is 0 Å². The molecule has 1 aliphatic rings. The van der Waals surface area contributed by atoms with E-state index in [4.69, 9.17) is 4.74 Å². The lowest BCUT2D eigenvalue weighted by Crippen LogP contribution is -2.40. The molecule has 0 radical (unpaired) electrons. The molecule has 3 nitrogen and oxygen atoms in total. The molecule has 0 saturated carbocycles. The number of benzene rings is 2. The predicted octanol–water partition coefficient (Wildman–Crippen LogP) is 3.41. The molecule has 2 aromatic rings. The molecule has 3 heteroatoms. The molecule has 116 valence electrons. The Balaban J connectivity index is 1.94. The smallest absolute Gasteiger partial charge is 0.305 e. The zero-order valence-electron chi connectivity index (χ0n) is 13.1. The van der Waals surface area contributed by atoms with Crippen LogP contribution in [0.15, 0.2) is 42.5 Å². The minimum absolute atomic E-state index is 0.0868. The summed E-state index contributed by atoms with van der Waals surface area (Å²) < 4.78 is 4.84. The summed E-state index contributed by atoms with van der Waals surface area (Å²) in [5.74, 6) is -0.112. The van der Waals surface area contributed by atoms with Crippen LogP contribution in [0.5, 0.6) is 0 Å². The average Bonchev–Trinajstić information content (AvgIpc) is 2.60. The number of carbonyl (C=O) groups excluding carboxylic acids is 1. The van der Waals surface area contributed by atoms with Gasteiger partial charge in [-0.2, -0.15) is 0 Å². The van der Waals surface area contributed by atoms with Crippen molar-refractivity contribution in [2.24, 2.45) is 0 Å². The zero-order valence-corrected chi connectivity index (χ0v) is 13.1. The first-order valence-electron chi connectivity index (χ1n) is 8.00. The molecule has 1 aliphatic heterocycles. The summed E-state index contributed by atoms with van der Waals surface area (Å²) in [7, 11) is 1.47. The summed E-state index contributed by atoms with van der Waals surface area (Å²) in [6.07, 6.45) is 3.49. The Kier molecular flexibility index (Phi) is 4.44. The van der Waals surface area contributed by atoms with Crippen molar-refractivity contribution in [2.45, 2.75) is 31.1 Å². The normalized spacial score (nSPS) is 17.3. The fourth-order valence-corrected chi connectivity index (χ4v) is 3.55. The number of hydrogen-bond acceptors (Lipinski definition) is 3. The van der Waals surface area contributed by atoms with E-state index in [2.05, 4.69) is 47.8 Å².